The van der Waals surface area contributed by atoms with Gasteiger partial charge >= 0.3 is 0 Å². The van der Waals surface area contributed by atoms with Crippen LogP contribution in [0.25, 0.3) is 0 Å². The molecular weight excluding hydrogens is 266 g/mol. The number of nitrogens with one attached hydrogen (secondary N) is 1. The Morgan fingerprint density at radius 1 is 0.550 bits per heavy atom. The number of unbranched alkanes of at least 4 members (excludes halogenated alkanes) is 3. The number of rotatable bonds is 9. The topological polar surface area (TPSA) is 4.44 Å². The molecule has 1 rings (SSSR count). The van der Waals surface area contributed by atoms with Crippen molar-refractivity contribution < 1.29 is 17.3 Å². The van der Waals surface area contributed by atoms with Crippen LogP contribution < -0.4 is 17.3 Å². The number of quaternary nitrogens is 1. The minimum Gasteiger partial charge on any atom is -1.00 e. The van der Waals surface area contributed by atoms with Crippen molar-refractivity contribution in [3.63, 3.8) is 0 Å². The van der Waals surface area contributed by atoms with Crippen molar-refractivity contribution in [1.82, 2.24) is 0 Å². The van der Waals surface area contributed by atoms with Crippen molar-refractivity contribution in [2.75, 3.05) is 19.6 Å². The van der Waals surface area contributed by atoms with E-state index in [0.29, 0.717) is 0 Å². The molecule has 0 bridgehead atoms. The third-order valence-corrected chi connectivity index (χ3v) is 3.32. The molecule has 0 fully saturated rings. The van der Waals surface area contributed by atoms with Crippen molar-refractivity contribution in [3.05, 3.63) is 36.4 Å². The first-order valence-corrected chi connectivity index (χ1v) is 8.18. The molecule has 0 amide bonds. The number of hydrogen-bond acceptors (Lipinski definition) is 0. The molecule has 0 heterocycles. The van der Waals surface area contributed by atoms with Crippen LogP contribution in [-0.2, 0) is 0 Å². The van der Waals surface area contributed by atoms with Crippen molar-refractivity contribution in [1.29, 1.82) is 0 Å². The largest absolute Gasteiger partial charge is 1.00 e. The molecule has 2 heteroatoms. The predicted molar refractivity (Wildman–Crippen MR) is 86.7 cm³/mol. The monoisotopic (exact) mass is 299 g/mol. The van der Waals surface area contributed by atoms with Gasteiger partial charge in [0.15, 0.2) is 0 Å². The molecule has 1 nitrogen and oxygen atoms in total. The minimum atomic E-state index is 0. The van der Waals surface area contributed by atoms with Gasteiger partial charge in [0.25, 0.3) is 0 Å². The smallest absolute Gasteiger partial charge is 0.0770 e. The maximum Gasteiger partial charge on any atom is 0.0770 e. The van der Waals surface area contributed by atoms with Gasteiger partial charge in [-0.25, -0.2) is 0 Å². The molecule has 1 aromatic carbocycles. The van der Waals surface area contributed by atoms with Gasteiger partial charge in [0, 0.05) is 0 Å². The summed E-state index contributed by atoms with van der Waals surface area (Å²) in [6, 6.07) is 12.0. The molecule has 1 N–H and O–H groups in total. The molecule has 0 spiro atoms. The Kier molecular flexibility index (Phi) is 20.1. The highest BCUT2D eigenvalue weighted by Gasteiger charge is 2.05. The Balaban J connectivity index is 0. The molecule has 1 aromatic rings. The van der Waals surface area contributed by atoms with Gasteiger partial charge in [-0.3, -0.25) is 0 Å². The first-order valence-electron chi connectivity index (χ1n) is 8.18. The summed E-state index contributed by atoms with van der Waals surface area (Å²) in [5.74, 6) is 0. The lowest BCUT2D eigenvalue weighted by molar-refractivity contribution is -0.900. The van der Waals surface area contributed by atoms with E-state index in [4.69, 9.17) is 0 Å². The zero-order chi connectivity index (χ0) is 14.2. The van der Waals surface area contributed by atoms with Crippen molar-refractivity contribution in [2.45, 2.75) is 59.3 Å². The third-order valence-electron chi connectivity index (χ3n) is 3.32. The molecular formula is C18H34ClN. The summed E-state index contributed by atoms with van der Waals surface area (Å²) >= 11 is 0. The number of halogens is 1. The summed E-state index contributed by atoms with van der Waals surface area (Å²) in [6.45, 7) is 11.1. The van der Waals surface area contributed by atoms with Gasteiger partial charge in [0.1, 0.15) is 0 Å². The van der Waals surface area contributed by atoms with Crippen molar-refractivity contribution >= 4 is 0 Å². The lowest BCUT2D eigenvalue weighted by Crippen LogP contribution is -3.12. The van der Waals surface area contributed by atoms with Crippen LogP contribution in [0.2, 0.25) is 0 Å². The average molecular weight is 300 g/mol. The van der Waals surface area contributed by atoms with E-state index in [9.17, 15) is 0 Å². The minimum absolute atomic E-state index is 0. The third kappa shape index (κ3) is 15.5. The fraction of sp³-hybridized carbons (Fsp3) is 0.667. The molecule has 0 unspecified atom stereocenters. The van der Waals surface area contributed by atoms with E-state index in [1.165, 1.54) is 58.2 Å². The van der Waals surface area contributed by atoms with Crippen LogP contribution in [0.3, 0.4) is 0 Å². The predicted octanol–water partition coefficient (Wildman–Crippen LogP) is 0.962. The quantitative estimate of drug-likeness (QED) is 0.693. The summed E-state index contributed by atoms with van der Waals surface area (Å²) in [5.41, 5.74) is 0. The molecule has 0 atom stereocenters. The SMILES string of the molecule is CCCC[NH+](CCCC)CCCC.[Cl-].c1ccccc1. The Labute approximate surface area is 133 Å². The summed E-state index contributed by atoms with van der Waals surface area (Å²) < 4.78 is 0. The van der Waals surface area contributed by atoms with Gasteiger partial charge < -0.3 is 17.3 Å². The Morgan fingerprint density at radius 2 is 0.800 bits per heavy atom. The highest BCUT2D eigenvalue weighted by Crippen LogP contribution is 1.85. The fourth-order valence-electron chi connectivity index (χ4n) is 2.04. The van der Waals surface area contributed by atoms with E-state index in [-0.39, 0.29) is 12.4 Å². The Morgan fingerprint density at radius 3 is 1.00 bits per heavy atom. The van der Waals surface area contributed by atoms with Crippen LogP contribution in [0.1, 0.15) is 59.3 Å². The lowest BCUT2D eigenvalue weighted by Gasteiger charge is -2.18. The molecule has 0 radical (unpaired) electrons. The summed E-state index contributed by atoms with van der Waals surface area (Å²) in [5, 5.41) is 0. The highest BCUT2D eigenvalue weighted by atomic mass is 35.5. The van der Waals surface area contributed by atoms with E-state index in [0.717, 1.165) is 0 Å². The Bertz CT molecular complexity index is 205. The molecule has 118 valence electrons. The van der Waals surface area contributed by atoms with Gasteiger partial charge in [0.05, 0.1) is 19.6 Å². The molecule has 0 aliphatic heterocycles. The zero-order valence-corrected chi connectivity index (χ0v) is 14.5. The van der Waals surface area contributed by atoms with Crippen molar-refractivity contribution in [3.8, 4) is 0 Å². The molecule has 0 saturated carbocycles. The molecule has 20 heavy (non-hydrogen) atoms. The molecule has 0 aromatic heterocycles. The van der Waals surface area contributed by atoms with Crippen LogP contribution in [0, 0.1) is 0 Å². The second kappa shape index (κ2) is 18.5. The van der Waals surface area contributed by atoms with Crippen LogP contribution in [-0.4, -0.2) is 19.6 Å². The average Bonchev–Trinajstić information content (AvgIpc) is 2.49. The number of benzene rings is 1. The molecule has 0 saturated heterocycles. The van der Waals surface area contributed by atoms with E-state index in [1.807, 2.05) is 41.3 Å². The van der Waals surface area contributed by atoms with E-state index in [1.54, 1.807) is 0 Å². The van der Waals surface area contributed by atoms with Gasteiger partial charge in [-0.05, 0) is 19.3 Å². The number of hydrogen-bond donors (Lipinski definition) is 1. The second-order valence-corrected chi connectivity index (χ2v) is 5.22. The van der Waals surface area contributed by atoms with Gasteiger partial charge in [0.2, 0.25) is 0 Å². The molecule has 0 aliphatic rings. The van der Waals surface area contributed by atoms with Crippen LogP contribution >= 0.6 is 0 Å². The van der Waals surface area contributed by atoms with Gasteiger partial charge in [-0.2, -0.15) is 0 Å². The maximum atomic E-state index is 2.29. The first kappa shape index (κ1) is 21.8. The van der Waals surface area contributed by atoms with Crippen molar-refractivity contribution in [2.24, 2.45) is 0 Å². The Hall–Kier alpha value is -0.530. The van der Waals surface area contributed by atoms with E-state index < -0.39 is 0 Å². The normalized spacial score (nSPS) is 9.60. The van der Waals surface area contributed by atoms with Gasteiger partial charge in [-0.15, -0.1) is 0 Å². The maximum absolute atomic E-state index is 2.29. The second-order valence-electron chi connectivity index (χ2n) is 5.22. The standard InChI is InChI=1S/C12H27N.C6H6.ClH/c1-4-7-10-13(11-8-5-2)12-9-6-3;1-2-4-6-5-3-1;/h4-12H2,1-3H3;1-6H;1H. The highest BCUT2D eigenvalue weighted by molar-refractivity contribution is 4.99. The summed E-state index contributed by atoms with van der Waals surface area (Å²) in [7, 11) is 0. The fourth-order valence-corrected chi connectivity index (χ4v) is 2.04. The van der Waals surface area contributed by atoms with Crippen LogP contribution in [0.15, 0.2) is 36.4 Å². The van der Waals surface area contributed by atoms with Crippen LogP contribution in [0.5, 0.6) is 0 Å². The lowest BCUT2D eigenvalue weighted by atomic mass is 10.2. The van der Waals surface area contributed by atoms with E-state index >= 15 is 0 Å². The van der Waals surface area contributed by atoms with E-state index in [2.05, 4.69) is 20.8 Å². The summed E-state index contributed by atoms with van der Waals surface area (Å²) in [6.07, 6.45) is 8.26. The zero-order valence-electron chi connectivity index (χ0n) is 13.7. The summed E-state index contributed by atoms with van der Waals surface area (Å²) in [4.78, 5) is 1.84. The van der Waals surface area contributed by atoms with Crippen LogP contribution in [0.4, 0.5) is 0 Å². The first-order chi connectivity index (χ1) is 9.35. The van der Waals surface area contributed by atoms with Gasteiger partial charge in [-0.1, -0.05) is 76.4 Å². The molecule has 0 aliphatic carbocycles.